The molecule has 134 valence electrons. The van der Waals surface area contributed by atoms with Gasteiger partial charge in [0.1, 0.15) is 5.60 Å². The van der Waals surface area contributed by atoms with E-state index in [-0.39, 0.29) is 11.8 Å². The summed E-state index contributed by atoms with van der Waals surface area (Å²) in [7, 11) is 0. The molecule has 1 saturated carbocycles. The number of carbonyl (C=O) groups is 2. The highest BCUT2D eigenvalue weighted by Crippen LogP contribution is 2.28. The minimum absolute atomic E-state index is 0.147. The van der Waals surface area contributed by atoms with Crippen LogP contribution in [0.2, 0.25) is 0 Å². The topological polar surface area (TPSA) is 94.3 Å². The maximum absolute atomic E-state index is 12.7. The Hall–Kier alpha value is -1.47. The number of aromatic nitrogens is 1. The number of nitrogens with one attached hydrogen (secondary N) is 1. The first kappa shape index (κ1) is 18.9. The molecule has 0 radical (unpaired) electrons. The van der Waals surface area contributed by atoms with Gasteiger partial charge in [-0.3, -0.25) is 4.79 Å². The summed E-state index contributed by atoms with van der Waals surface area (Å²) in [6.07, 6.45) is 5.54. The van der Waals surface area contributed by atoms with E-state index in [4.69, 9.17) is 10.5 Å². The molecule has 1 aliphatic rings. The summed E-state index contributed by atoms with van der Waals surface area (Å²) in [6.45, 7) is 5.40. The van der Waals surface area contributed by atoms with E-state index in [0.29, 0.717) is 17.3 Å². The molecule has 1 amide bonds. The maximum Gasteiger partial charge on any atom is 0.408 e. The standard InChI is InChI=1S/C17H27N3O3S/c1-17(2,3)23-16(22)20-13(14(21)15-19-8-9-24-15)10-11-4-6-12(18)7-5-11/h8-9,11-13H,4-7,10,18H2,1-3H3,(H,20,22)/t11?,12?,13-/m0/s1. The van der Waals surface area contributed by atoms with Crippen LogP contribution in [0.4, 0.5) is 4.79 Å². The number of ether oxygens (including phenoxy) is 1. The third-order valence-electron chi connectivity index (χ3n) is 4.11. The Morgan fingerprint density at radius 2 is 2.04 bits per heavy atom. The molecular weight excluding hydrogens is 326 g/mol. The second-order valence-corrected chi connectivity index (χ2v) is 8.31. The fourth-order valence-electron chi connectivity index (χ4n) is 2.93. The Bertz CT molecular complexity index is 546. The van der Waals surface area contributed by atoms with Gasteiger partial charge in [0.15, 0.2) is 5.01 Å². The van der Waals surface area contributed by atoms with Gasteiger partial charge in [-0.05, 0) is 58.8 Å². The van der Waals surface area contributed by atoms with Gasteiger partial charge in [0.05, 0.1) is 6.04 Å². The largest absolute Gasteiger partial charge is 0.444 e. The van der Waals surface area contributed by atoms with Crippen molar-refractivity contribution in [2.45, 2.75) is 70.6 Å². The van der Waals surface area contributed by atoms with Crippen LogP contribution in [0.15, 0.2) is 11.6 Å². The number of carbonyl (C=O) groups excluding carboxylic acids is 2. The van der Waals surface area contributed by atoms with E-state index in [9.17, 15) is 9.59 Å². The molecule has 1 aromatic heterocycles. The molecule has 1 atom stereocenters. The van der Waals surface area contributed by atoms with Crippen LogP contribution in [0, 0.1) is 5.92 Å². The van der Waals surface area contributed by atoms with Gasteiger partial charge in [-0.1, -0.05) is 0 Å². The quantitative estimate of drug-likeness (QED) is 0.793. The number of nitrogens with two attached hydrogens (primary N) is 1. The summed E-state index contributed by atoms with van der Waals surface area (Å²) in [5, 5.41) is 4.93. The molecule has 0 bridgehead atoms. The van der Waals surface area contributed by atoms with Crippen molar-refractivity contribution in [3.8, 4) is 0 Å². The SMILES string of the molecule is CC(C)(C)OC(=O)N[C@@H](CC1CCC(N)CC1)C(=O)c1nccs1. The lowest BCUT2D eigenvalue weighted by atomic mass is 9.82. The van der Waals surface area contributed by atoms with Gasteiger partial charge in [-0.2, -0.15) is 0 Å². The number of alkyl carbamates (subject to hydrolysis) is 1. The van der Waals surface area contributed by atoms with Crippen LogP contribution in [-0.2, 0) is 4.74 Å². The van der Waals surface area contributed by atoms with Crippen LogP contribution in [0.1, 0.15) is 62.7 Å². The molecule has 1 heterocycles. The summed E-state index contributed by atoms with van der Waals surface area (Å²) in [6, 6.07) is -0.349. The van der Waals surface area contributed by atoms with Crippen LogP contribution >= 0.6 is 11.3 Å². The molecule has 24 heavy (non-hydrogen) atoms. The molecule has 1 fully saturated rings. The first-order valence-electron chi connectivity index (χ1n) is 8.43. The molecule has 3 N–H and O–H groups in total. The van der Waals surface area contributed by atoms with Crippen molar-refractivity contribution >= 4 is 23.2 Å². The van der Waals surface area contributed by atoms with Gasteiger partial charge in [0.25, 0.3) is 0 Å². The monoisotopic (exact) mass is 353 g/mol. The minimum atomic E-state index is -0.606. The van der Waals surface area contributed by atoms with E-state index >= 15 is 0 Å². The van der Waals surface area contributed by atoms with Crippen molar-refractivity contribution in [3.05, 3.63) is 16.6 Å². The molecule has 6 nitrogen and oxygen atoms in total. The van der Waals surface area contributed by atoms with E-state index in [1.165, 1.54) is 11.3 Å². The molecule has 0 saturated heterocycles. The molecule has 1 aliphatic carbocycles. The first-order valence-corrected chi connectivity index (χ1v) is 9.31. The second-order valence-electron chi connectivity index (χ2n) is 7.42. The molecular formula is C17H27N3O3S. The Balaban J connectivity index is 2.03. The van der Waals surface area contributed by atoms with Crippen LogP contribution < -0.4 is 11.1 Å². The van der Waals surface area contributed by atoms with Gasteiger partial charge in [0.2, 0.25) is 5.78 Å². The predicted octanol–water partition coefficient (Wildman–Crippen LogP) is 3.13. The fourth-order valence-corrected chi connectivity index (χ4v) is 3.56. The summed E-state index contributed by atoms with van der Waals surface area (Å²) in [5.74, 6) is 0.236. The smallest absolute Gasteiger partial charge is 0.408 e. The highest BCUT2D eigenvalue weighted by Gasteiger charge is 2.30. The normalized spacial score (nSPS) is 22.7. The molecule has 0 aromatic carbocycles. The number of Topliss-reactive ketones (excluding diaryl/α,β-unsaturated/α-hetero) is 1. The van der Waals surface area contributed by atoms with Crippen LogP contribution in [-0.4, -0.2) is 34.5 Å². The third-order valence-corrected chi connectivity index (χ3v) is 4.90. The zero-order valence-electron chi connectivity index (χ0n) is 14.6. The van der Waals surface area contributed by atoms with Crippen LogP contribution in [0.25, 0.3) is 0 Å². The molecule has 7 heteroatoms. The van der Waals surface area contributed by atoms with Gasteiger partial charge in [-0.25, -0.2) is 9.78 Å². The number of hydrogen-bond donors (Lipinski definition) is 2. The Labute approximate surface area is 147 Å². The Kier molecular flexibility index (Phi) is 6.34. The zero-order valence-corrected chi connectivity index (χ0v) is 15.4. The van der Waals surface area contributed by atoms with Crippen molar-refractivity contribution in [1.29, 1.82) is 0 Å². The predicted molar refractivity (Wildman–Crippen MR) is 94.2 cm³/mol. The number of hydrogen-bond acceptors (Lipinski definition) is 6. The van der Waals surface area contributed by atoms with E-state index < -0.39 is 17.7 Å². The maximum atomic E-state index is 12.7. The fraction of sp³-hybridized carbons (Fsp3) is 0.706. The van der Waals surface area contributed by atoms with E-state index in [0.717, 1.165) is 25.7 Å². The number of rotatable bonds is 5. The number of amides is 1. The lowest BCUT2D eigenvalue weighted by Gasteiger charge is -2.29. The summed E-state index contributed by atoms with van der Waals surface area (Å²) < 4.78 is 5.30. The molecule has 2 rings (SSSR count). The molecule has 0 unspecified atom stereocenters. The first-order chi connectivity index (χ1) is 11.2. The van der Waals surface area contributed by atoms with Gasteiger partial charge in [0, 0.05) is 17.6 Å². The summed E-state index contributed by atoms with van der Waals surface area (Å²) >= 11 is 1.29. The number of thiazole rings is 1. The summed E-state index contributed by atoms with van der Waals surface area (Å²) in [5.41, 5.74) is 5.35. The molecule has 1 aromatic rings. The van der Waals surface area contributed by atoms with Crippen molar-refractivity contribution < 1.29 is 14.3 Å². The Morgan fingerprint density at radius 1 is 1.38 bits per heavy atom. The van der Waals surface area contributed by atoms with Gasteiger partial charge in [-0.15, -0.1) is 11.3 Å². The molecule has 0 aliphatic heterocycles. The summed E-state index contributed by atoms with van der Waals surface area (Å²) in [4.78, 5) is 28.9. The van der Waals surface area contributed by atoms with E-state index in [1.807, 2.05) is 0 Å². The highest BCUT2D eigenvalue weighted by atomic mass is 32.1. The zero-order chi connectivity index (χ0) is 17.7. The van der Waals surface area contributed by atoms with Crippen LogP contribution in [0.5, 0.6) is 0 Å². The minimum Gasteiger partial charge on any atom is -0.444 e. The third kappa shape index (κ3) is 5.87. The lowest BCUT2D eigenvalue weighted by Crippen LogP contribution is -2.45. The van der Waals surface area contributed by atoms with Crippen molar-refractivity contribution in [3.63, 3.8) is 0 Å². The lowest BCUT2D eigenvalue weighted by molar-refractivity contribution is 0.0480. The highest BCUT2D eigenvalue weighted by molar-refractivity contribution is 7.11. The average molecular weight is 353 g/mol. The second kappa shape index (κ2) is 8.07. The van der Waals surface area contributed by atoms with Gasteiger partial charge < -0.3 is 15.8 Å². The molecule has 0 spiro atoms. The van der Waals surface area contributed by atoms with Crippen LogP contribution in [0.3, 0.4) is 0 Å². The number of ketones is 1. The van der Waals surface area contributed by atoms with Crippen molar-refractivity contribution in [2.75, 3.05) is 0 Å². The average Bonchev–Trinajstić information content (AvgIpc) is 3.00. The van der Waals surface area contributed by atoms with Crippen molar-refractivity contribution in [1.82, 2.24) is 10.3 Å². The van der Waals surface area contributed by atoms with Gasteiger partial charge >= 0.3 is 6.09 Å². The van der Waals surface area contributed by atoms with E-state index in [2.05, 4.69) is 10.3 Å². The van der Waals surface area contributed by atoms with E-state index in [1.54, 1.807) is 32.3 Å². The number of nitrogens with zero attached hydrogens (tertiary/aromatic N) is 1. The van der Waals surface area contributed by atoms with Crippen molar-refractivity contribution in [2.24, 2.45) is 11.7 Å². The Morgan fingerprint density at radius 3 is 2.58 bits per heavy atom.